The molecule has 20 heavy (non-hydrogen) atoms. The molecule has 8 heteroatoms. The first-order valence-corrected chi connectivity index (χ1v) is 7.54. The first kappa shape index (κ1) is 16.7. The fraction of sp³-hybridized carbons (Fsp3) is 0.417. The smallest absolute Gasteiger partial charge is 0.404 e. The van der Waals surface area contributed by atoms with E-state index in [2.05, 4.69) is 0 Å². The van der Waals surface area contributed by atoms with E-state index in [1.165, 1.54) is 38.1 Å². The normalized spacial score (nSPS) is 13.7. The molecule has 0 heterocycles. The lowest BCUT2D eigenvalue weighted by Crippen LogP contribution is -2.44. The molecule has 112 valence electrons. The molecule has 7 nitrogen and oxygen atoms in total. The van der Waals surface area contributed by atoms with Gasteiger partial charge < -0.3 is 20.0 Å². The maximum Gasteiger partial charge on any atom is 0.404 e. The van der Waals surface area contributed by atoms with E-state index < -0.39 is 25.8 Å². The third-order valence-corrected chi connectivity index (χ3v) is 4.14. The molecule has 0 saturated carbocycles. The van der Waals surface area contributed by atoms with Gasteiger partial charge in [0.1, 0.15) is 11.8 Å². The van der Waals surface area contributed by atoms with Crippen molar-refractivity contribution >= 4 is 13.7 Å². The minimum absolute atomic E-state index is 0.0383. The number of aliphatic carboxylic acids is 1. The zero-order valence-electron chi connectivity index (χ0n) is 11.2. The first-order chi connectivity index (χ1) is 9.12. The predicted molar refractivity (Wildman–Crippen MR) is 72.3 cm³/mol. The number of rotatable bonds is 6. The highest BCUT2D eigenvalue weighted by molar-refractivity contribution is 7.49. The van der Waals surface area contributed by atoms with Crippen molar-refractivity contribution in [2.75, 3.05) is 0 Å². The summed E-state index contributed by atoms with van der Waals surface area (Å²) < 4.78 is 12.2. The number of phenolic OH excluding ortho intramolecular Hbond substituents is 1. The van der Waals surface area contributed by atoms with Gasteiger partial charge in [-0.1, -0.05) is 12.1 Å². The summed E-state index contributed by atoms with van der Waals surface area (Å²) in [5, 5.41) is 18.4. The maximum atomic E-state index is 11.5. The molecule has 1 aromatic carbocycles. The summed E-state index contributed by atoms with van der Waals surface area (Å²) in [5.74, 6) is -1.27. The van der Waals surface area contributed by atoms with Gasteiger partial charge in [0.25, 0.3) is 0 Å². The molecule has 0 aliphatic carbocycles. The Morgan fingerprint density at radius 2 is 1.75 bits per heavy atom. The van der Waals surface area contributed by atoms with Crippen LogP contribution in [0, 0.1) is 0 Å². The van der Waals surface area contributed by atoms with Crippen molar-refractivity contribution < 1.29 is 29.4 Å². The Hall–Kier alpha value is -1.40. The zero-order valence-corrected chi connectivity index (χ0v) is 12.1. The van der Waals surface area contributed by atoms with Crippen LogP contribution < -0.4 is 0 Å². The summed E-state index contributed by atoms with van der Waals surface area (Å²) in [6, 6.07) is 3.85. The van der Waals surface area contributed by atoms with Crippen LogP contribution in [0.2, 0.25) is 0 Å². The second-order valence-corrected chi connectivity index (χ2v) is 6.20. The van der Waals surface area contributed by atoms with Crippen LogP contribution in [0.4, 0.5) is 0 Å². The standard InChI is InChI=1S/C12H18NO6P/c1-8(2)13(20(17,18)19)11(12(15)16)7-9-3-5-10(14)6-4-9/h3-6,8,11,14H,7H2,1-2H3,(H,15,16)(H2,17,18,19)/t11-/m0/s1. The lowest BCUT2D eigenvalue weighted by molar-refractivity contribution is -0.142. The van der Waals surface area contributed by atoms with Crippen LogP contribution >= 0.6 is 7.75 Å². The number of aromatic hydroxyl groups is 1. The van der Waals surface area contributed by atoms with Gasteiger partial charge in [-0.2, -0.15) is 4.67 Å². The highest BCUT2D eigenvalue weighted by Crippen LogP contribution is 2.44. The van der Waals surface area contributed by atoms with E-state index in [1.54, 1.807) is 0 Å². The number of carboxylic acid groups (broad SMARTS) is 1. The SMILES string of the molecule is CC(C)N([C@@H](Cc1ccc(O)cc1)C(=O)O)P(=O)(O)O. The molecule has 0 unspecified atom stereocenters. The Labute approximate surface area is 116 Å². The molecular formula is C12H18NO6P. The Bertz CT molecular complexity index is 509. The van der Waals surface area contributed by atoms with Crippen LogP contribution in [0.25, 0.3) is 0 Å². The molecule has 0 radical (unpaired) electrons. The summed E-state index contributed by atoms with van der Waals surface area (Å²) in [7, 11) is -4.69. The Kier molecular flexibility index (Phi) is 5.30. The van der Waals surface area contributed by atoms with Gasteiger partial charge >= 0.3 is 13.7 Å². The molecule has 0 saturated heterocycles. The molecule has 0 amide bonds. The lowest BCUT2D eigenvalue weighted by Gasteiger charge is -2.32. The van der Waals surface area contributed by atoms with Gasteiger partial charge in [-0.3, -0.25) is 4.79 Å². The van der Waals surface area contributed by atoms with E-state index in [0.717, 1.165) is 0 Å². The molecule has 0 bridgehead atoms. The van der Waals surface area contributed by atoms with Crippen molar-refractivity contribution in [1.82, 2.24) is 4.67 Å². The molecule has 0 aromatic heterocycles. The minimum atomic E-state index is -4.69. The van der Waals surface area contributed by atoms with Crippen molar-refractivity contribution in [3.05, 3.63) is 29.8 Å². The third kappa shape index (κ3) is 4.31. The Morgan fingerprint density at radius 1 is 1.25 bits per heavy atom. The maximum absolute atomic E-state index is 11.5. The molecular weight excluding hydrogens is 285 g/mol. The Morgan fingerprint density at radius 3 is 2.10 bits per heavy atom. The highest BCUT2D eigenvalue weighted by Gasteiger charge is 2.39. The van der Waals surface area contributed by atoms with Gasteiger partial charge in [0.05, 0.1) is 0 Å². The number of carbonyl (C=O) groups is 1. The number of phenols is 1. The average Bonchev–Trinajstić information content (AvgIpc) is 2.28. The largest absolute Gasteiger partial charge is 0.508 e. The molecule has 0 aliphatic rings. The average molecular weight is 303 g/mol. The van der Waals surface area contributed by atoms with Crippen molar-refractivity contribution in [3.63, 3.8) is 0 Å². The van der Waals surface area contributed by atoms with Crippen molar-refractivity contribution in [2.24, 2.45) is 0 Å². The second-order valence-electron chi connectivity index (χ2n) is 4.71. The second kappa shape index (κ2) is 6.37. The number of nitrogens with zero attached hydrogens (tertiary/aromatic N) is 1. The molecule has 0 fully saturated rings. The third-order valence-electron chi connectivity index (χ3n) is 2.80. The zero-order chi connectivity index (χ0) is 15.5. The van der Waals surface area contributed by atoms with Crippen LogP contribution in [0.3, 0.4) is 0 Å². The number of carboxylic acids is 1. The predicted octanol–water partition coefficient (Wildman–Crippen LogP) is 1.19. The summed E-state index contributed by atoms with van der Waals surface area (Å²) in [5.41, 5.74) is 0.564. The fourth-order valence-corrected chi connectivity index (χ4v) is 3.14. The number of hydrogen-bond acceptors (Lipinski definition) is 3. The van der Waals surface area contributed by atoms with Crippen LogP contribution in [0.1, 0.15) is 19.4 Å². The molecule has 0 spiro atoms. The van der Waals surface area contributed by atoms with Gasteiger partial charge in [0, 0.05) is 6.04 Å². The van der Waals surface area contributed by atoms with E-state index in [1.807, 2.05) is 0 Å². The summed E-state index contributed by atoms with van der Waals surface area (Å²) in [6.07, 6.45) is -0.0705. The first-order valence-electron chi connectivity index (χ1n) is 5.98. The number of benzene rings is 1. The van der Waals surface area contributed by atoms with Crippen LogP contribution in [0.15, 0.2) is 24.3 Å². The van der Waals surface area contributed by atoms with E-state index in [-0.39, 0.29) is 12.2 Å². The van der Waals surface area contributed by atoms with Crippen molar-refractivity contribution in [3.8, 4) is 5.75 Å². The van der Waals surface area contributed by atoms with Gasteiger partial charge in [-0.05, 0) is 38.0 Å². The van der Waals surface area contributed by atoms with Gasteiger partial charge in [0.15, 0.2) is 0 Å². The monoisotopic (exact) mass is 303 g/mol. The molecule has 0 aliphatic heterocycles. The summed E-state index contributed by atoms with van der Waals surface area (Å²) in [4.78, 5) is 30.0. The fourth-order valence-electron chi connectivity index (χ4n) is 1.99. The quantitative estimate of drug-likeness (QED) is 0.583. The van der Waals surface area contributed by atoms with E-state index in [4.69, 9.17) is 0 Å². The van der Waals surface area contributed by atoms with E-state index in [0.29, 0.717) is 10.2 Å². The Balaban J connectivity index is 3.07. The number of hydrogen-bond donors (Lipinski definition) is 4. The van der Waals surface area contributed by atoms with Crippen LogP contribution in [-0.4, -0.2) is 42.7 Å². The van der Waals surface area contributed by atoms with Crippen LogP contribution in [0.5, 0.6) is 5.75 Å². The molecule has 1 rings (SSSR count). The summed E-state index contributed by atoms with van der Waals surface area (Å²) in [6.45, 7) is 3.04. The molecule has 1 atom stereocenters. The van der Waals surface area contributed by atoms with Gasteiger partial charge in [-0.25, -0.2) is 4.57 Å². The van der Waals surface area contributed by atoms with Crippen molar-refractivity contribution in [1.29, 1.82) is 0 Å². The summed E-state index contributed by atoms with van der Waals surface area (Å²) >= 11 is 0. The van der Waals surface area contributed by atoms with Crippen molar-refractivity contribution in [2.45, 2.75) is 32.4 Å². The van der Waals surface area contributed by atoms with E-state index in [9.17, 15) is 29.4 Å². The molecule has 4 N–H and O–H groups in total. The topological polar surface area (TPSA) is 118 Å². The minimum Gasteiger partial charge on any atom is -0.508 e. The molecule has 1 aromatic rings. The van der Waals surface area contributed by atoms with Gasteiger partial charge in [0.2, 0.25) is 0 Å². The highest BCUT2D eigenvalue weighted by atomic mass is 31.2. The van der Waals surface area contributed by atoms with Gasteiger partial charge in [-0.15, -0.1) is 0 Å². The lowest BCUT2D eigenvalue weighted by atomic mass is 10.1. The van der Waals surface area contributed by atoms with Crippen LogP contribution in [-0.2, 0) is 15.8 Å². The van der Waals surface area contributed by atoms with E-state index >= 15 is 0 Å².